The second-order valence-corrected chi connectivity index (χ2v) is 5.63. The number of ether oxygens (including phenoxy) is 1. The molecule has 1 aliphatic carbocycles. The van der Waals surface area contributed by atoms with Gasteiger partial charge in [0.2, 0.25) is 0 Å². The lowest BCUT2D eigenvalue weighted by Crippen LogP contribution is -2.13. The number of rotatable bonds is 5. The molecule has 0 saturated heterocycles. The van der Waals surface area contributed by atoms with Gasteiger partial charge in [-0.05, 0) is 55.2 Å². The Morgan fingerprint density at radius 1 is 1.06 bits per heavy atom. The predicted molar refractivity (Wildman–Crippen MR) is 77.2 cm³/mol. The monoisotopic (exact) mass is 246 g/mol. The lowest BCUT2D eigenvalue weighted by molar-refractivity contribution is 0.304. The highest BCUT2D eigenvalue weighted by atomic mass is 16.5. The first-order valence-corrected chi connectivity index (χ1v) is 7.47. The smallest absolute Gasteiger partial charge is 0.118 e. The van der Waals surface area contributed by atoms with E-state index in [0.717, 1.165) is 17.6 Å². The van der Waals surface area contributed by atoms with E-state index in [1.54, 1.807) is 7.11 Å². The quantitative estimate of drug-likeness (QED) is 0.697. The van der Waals surface area contributed by atoms with E-state index in [4.69, 9.17) is 4.74 Å². The van der Waals surface area contributed by atoms with Gasteiger partial charge in [-0.2, -0.15) is 0 Å². The molecule has 0 N–H and O–H groups in total. The van der Waals surface area contributed by atoms with Gasteiger partial charge in [0, 0.05) is 0 Å². The highest BCUT2D eigenvalue weighted by Gasteiger charge is 2.21. The summed E-state index contributed by atoms with van der Waals surface area (Å²) in [5, 5.41) is 0. The highest BCUT2D eigenvalue weighted by molar-refractivity contribution is 5.29. The molecule has 2 rings (SSSR count). The average Bonchev–Trinajstić information content (AvgIpc) is 2.46. The molecule has 1 heteroatoms. The molecular weight excluding hydrogens is 220 g/mol. The van der Waals surface area contributed by atoms with Crippen molar-refractivity contribution < 1.29 is 4.74 Å². The number of hydrogen-bond donors (Lipinski definition) is 0. The van der Waals surface area contributed by atoms with E-state index in [1.165, 1.54) is 50.5 Å². The van der Waals surface area contributed by atoms with Crippen LogP contribution in [0.25, 0.3) is 0 Å². The molecule has 1 nitrogen and oxygen atoms in total. The Hall–Kier alpha value is -0.980. The first kappa shape index (κ1) is 13.5. The Morgan fingerprint density at radius 2 is 1.72 bits per heavy atom. The van der Waals surface area contributed by atoms with Gasteiger partial charge in [-0.15, -0.1) is 0 Å². The molecule has 0 bridgehead atoms. The molecule has 1 aromatic carbocycles. The van der Waals surface area contributed by atoms with Crippen molar-refractivity contribution in [2.75, 3.05) is 7.11 Å². The van der Waals surface area contributed by atoms with Crippen molar-refractivity contribution in [2.24, 2.45) is 5.92 Å². The van der Waals surface area contributed by atoms with Crippen LogP contribution in [0.2, 0.25) is 0 Å². The van der Waals surface area contributed by atoms with E-state index >= 15 is 0 Å². The summed E-state index contributed by atoms with van der Waals surface area (Å²) < 4.78 is 5.22. The Labute approximate surface area is 112 Å². The molecule has 0 heterocycles. The van der Waals surface area contributed by atoms with Crippen molar-refractivity contribution in [3.8, 4) is 5.75 Å². The normalized spacial score (nSPS) is 23.9. The molecule has 1 fully saturated rings. The van der Waals surface area contributed by atoms with Crippen LogP contribution in [0, 0.1) is 5.92 Å². The van der Waals surface area contributed by atoms with Gasteiger partial charge >= 0.3 is 0 Å². The van der Waals surface area contributed by atoms with Crippen molar-refractivity contribution >= 4 is 0 Å². The molecule has 0 spiro atoms. The maximum atomic E-state index is 5.22. The first-order chi connectivity index (χ1) is 8.83. The van der Waals surface area contributed by atoms with Crippen molar-refractivity contribution in [1.82, 2.24) is 0 Å². The van der Waals surface area contributed by atoms with Crippen LogP contribution < -0.4 is 4.74 Å². The molecule has 18 heavy (non-hydrogen) atoms. The zero-order chi connectivity index (χ0) is 12.8. The third-order valence-electron chi connectivity index (χ3n) is 4.40. The molecule has 0 aromatic heterocycles. The second-order valence-electron chi connectivity index (χ2n) is 5.63. The summed E-state index contributed by atoms with van der Waals surface area (Å²) in [6.07, 6.45) is 9.82. The Morgan fingerprint density at radius 3 is 2.28 bits per heavy atom. The second kappa shape index (κ2) is 6.82. The topological polar surface area (TPSA) is 9.23 Å². The summed E-state index contributed by atoms with van der Waals surface area (Å²) in [6, 6.07) is 8.68. The minimum absolute atomic E-state index is 0.786. The van der Waals surface area contributed by atoms with Crippen LogP contribution in [0.1, 0.15) is 63.4 Å². The Balaban J connectivity index is 1.84. The van der Waals surface area contributed by atoms with Gasteiger partial charge < -0.3 is 4.74 Å². The molecule has 0 atom stereocenters. The SMILES string of the molecule is CCCC[C@H]1CC[C@H](c2ccc(OC)cc2)CC1. The third-order valence-corrected chi connectivity index (χ3v) is 4.40. The lowest BCUT2D eigenvalue weighted by atomic mass is 9.77. The molecular formula is C17H26O. The summed E-state index contributed by atoms with van der Waals surface area (Å²) in [4.78, 5) is 0. The summed E-state index contributed by atoms with van der Waals surface area (Å²) in [5.41, 5.74) is 1.50. The average molecular weight is 246 g/mol. The predicted octanol–water partition coefficient (Wildman–Crippen LogP) is 5.16. The molecule has 0 amide bonds. The fraction of sp³-hybridized carbons (Fsp3) is 0.647. The summed E-state index contributed by atoms with van der Waals surface area (Å²) in [5.74, 6) is 2.75. The van der Waals surface area contributed by atoms with E-state index in [9.17, 15) is 0 Å². The summed E-state index contributed by atoms with van der Waals surface area (Å²) in [6.45, 7) is 2.29. The zero-order valence-electron chi connectivity index (χ0n) is 11.8. The largest absolute Gasteiger partial charge is 0.497 e. The van der Waals surface area contributed by atoms with E-state index in [-0.39, 0.29) is 0 Å². The number of hydrogen-bond acceptors (Lipinski definition) is 1. The van der Waals surface area contributed by atoms with Gasteiger partial charge in [-0.25, -0.2) is 0 Å². The minimum Gasteiger partial charge on any atom is -0.497 e. The summed E-state index contributed by atoms with van der Waals surface area (Å²) >= 11 is 0. The molecule has 100 valence electrons. The zero-order valence-corrected chi connectivity index (χ0v) is 11.8. The highest BCUT2D eigenvalue weighted by Crippen LogP contribution is 2.37. The van der Waals surface area contributed by atoms with Crippen molar-refractivity contribution in [2.45, 2.75) is 57.8 Å². The van der Waals surface area contributed by atoms with Gasteiger partial charge in [0.25, 0.3) is 0 Å². The molecule has 1 aromatic rings. The van der Waals surface area contributed by atoms with Crippen LogP contribution in [-0.4, -0.2) is 7.11 Å². The Bertz CT molecular complexity index is 333. The van der Waals surface area contributed by atoms with Crippen LogP contribution in [0.5, 0.6) is 5.75 Å². The summed E-state index contributed by atoms with van der Waals surface area (Å²) in [7, 11) is 1.73. The number of benzene rings is 1. The maximum absolute atomic E-state index is 5.22. The molecule has 0 radical (unpaired) electrons. The minimum atomic E-state index is 0.786. The number of unbranched alkanes of at least 4 members (excludes halogenated alkanes) is 1. The van der Waals surface area contributed by atoms with Crippen LogP contribution in [0.4, 0.5) is 0 Å². The van der Waals surface area contributed by atoms with Gasteiger partial charge in [-0.1, -0.05) is 38.3 Å². The maximum Gasteiger partial charge on any atom is 0.118 e. The van der Waals surface area contributed by atoms with Gasteiger partial charge in [0.1, 0.15) is 5.75 Å². The van der Waals surface area contributed by atoms with Gasteiger partial charge in [-0.3, -0.25) is 0 Å². The fourth-order valence-corrected chi connectivity index (χ4v) is 3.15. The van der Waals surface area contributed by atoms with Gasteiger partial charge in [0.15, 0.2) is 0 Å². The molecule has 0 unspecified atom stereocenters. The van der Waals surface area contributed by atoms with Crippen molar-refractivity contribution in [1.29, 1.82) is 0 Å². The van der Waals surface area contributed by atoms with E-state index in [1.807, 2.05) is 0 Å². The molecule has 1 saturated carbocycles. The van der Waals surface area contributed by atoms with Crippen molar-refractivity contribution in [3.05, 3.63) is 29.8 Å². The van der Waals surface area contributed by atoms with Crippen LogP contribution in [0.3, 0.4) is 0 Å². The Kier molecular flexibility index (Phi) is 5.10. The lowest BCUT2D eigenvalue weighted by Gasteiger charge is -2.28. The van der Waals surface area contributed by atoms with Gasteiger partial charge in [0.05, 0.1) is 7.11 Å². The van der Waals surface area contributed by atoms with E-state index < -0.39 is 0 Å². The van der Waals surface area contributed by atoms with Crippen LogP contribution in [-0.2, 0) is 0 Å². The first-order valence-electron chi connectivity index (χ1n) is 7.47. The van der Waals surface area contributed by atoms with E-state index in [0.29, 0.717) is 0 Å². The molecule has 1 aliphatic rings. The third kappa shape index (κ3) is 3.51. The standard InChI is InChI=1S/C17H26O/c1-3-4-5-14-6-8-15(9-7-14)16-10-12-17(18-2)13-11-16/h10-15H,3-9H2,1-2H3/t14-,15-. The fourth-order valence-electron chi connectivity index (χ4n) is 3.15. The number of methoxy groups -OCH3 is 1. The van der Waals surface area contributed by atoms with Crippen LogP contribution >= 0.6 is 0 Å². The van der Waals surface area contributed by atoms with E-state index in [2.05, 4.69) is 31.2 Å². The molecule has 0 aliphatic heterocycles. The van der Waals surface area contributed by atoms with Crippen LogP contribution in [0.15, 0.2) is 24.3 Å². The van der Waals surface area contributed by atoms with Crippen molar-refractivity contribution in [3.63, 3.8) is 0 Å².